The summed E-state index contributed by atoms with van der Waals surface area (Å²) in [6.07, 6.45) is -14.8. The van der Waals surface area contributed by atoms with Gasteiger partial charge in [0.1, 0.15) is 11.6 Å². The third-order valence-electron chi connectivity index (χ3n) is 6.12. The molecule has 0 saturated carbocycles. The van der Waals surface area contributed by atoms with Crippen molar-refractivity contribution >= 4 is 23.5 Å². The Kier molecular flexibility index (Phi) is 20.5. The first-order chi connectivity index (χ1) is 19.9. The summed E-state index contributed by atoms with van der Waals surface area (Å²) in [5.41, 5.74) is 0.0198. The van der Waals surface area contributed by atoms with Crippen LogP contribution in [0.4, 0.5) is 43.9 Å². The van der Waals surface area contributed by atoms with E-state index >= 15 is 0 Å². The topological polar surface area (TPSA) is 133 Å². The normalized spacial score (nSPS) is 14.1. The molecule has 264 valence electrons. The second kappa shape index (κ2) is 19.3. The van der Waals surface area contributed by atoms with E-state index < -0.39 is 109 Å². The molecule has 19 heteroatoms. The van der Waals surface area contributed by atoms with Gasteiger partial charge in [0, 0.05) is 0 Å². The Morgan fingerprint density at radius 1 is 0.578 bits per heavy atom. The third-order valence-corrected chi connectivity index (χ3v) is 9.25. The molecule has 0 N–H and O–H groups in total. The zero-order chi connectivity index (χ0) is 36.8. The fraction of sp³-hybridized carbons (Fsp3) is 0.846. The first-order valence-corrected chi connectivity index (χ1v) is 15.4. The van der Waals surface area contributed by atoms with Crippen LogP contribution in [0, 0.1) is 11.8 Å². The summed E-state index contributed by atoms with van der Waals surface area (Å²) in [4.78, 5) is 42.3. The Balaban J connectivity index is -0.000000592. The summed E-state index contributed by atoms with van der Waals surface area (Å²) in [5.74, 6) is -21.6. The van der Waals surface area contributed by atoms with E-state index in [1.807, 2.05) is 0 Å². The van der Waals surface area contributed by atoms with Crippen molar-refractivity contribution in [3.05, 3.63) is 0 Å². The van der Waals surface area contributed by atoms with E-state index in [1.54, 1.807) is 0 Å². The van der Waals surface area contributed by atoms with E-state index in [0.717, 1.165) is 12.8 Å². The molecule has 0 aromatic carbocycles. The van der Waals surface area contributed by atoms with Crippen LogP contribution in [-0.2, 0) is 48.9 Å². The van der Waals surface area contributed by atoms with Gasteiger partial charge in [-0.1, -0.05) is 13.8 Å². The van der Waals surface area contributed by atoms with Gasteiger partial charge in [0.15, 0.2) is 0 Å². The molecule has 2 unspecified atom stereocenters. The van der Waals surface area contributed by atoms with Crippen molar-refractivity contribution in [3.63, 3.8) is 0 Å². The molecule has 0 amide bonds. The molecule has 0 aliphatic heterocycles. The summed E-state index contributed by atoms with van der Waals surface area (Å²) in [7, 11) is 0. The average Bonchev–Trinajstić information content (AvgIpc) is 2.83. The van der Waals surface area contributed by atoms with Gasteiger partial charge in [0.25, 0.3) is 0 Å². The number of aliphatic carboxylic acids is 2. The monoisotopic (exact) mass is 758 g/mol. The number of halogens is 10. The second-order valence-electron chi connectivity index (χ2n) is 10.8. The van der Waals surface area contributed by atoms with E-state index in [1.165, 1.54) is 13.8 Å². The Hall–Kier alpha value is -1.62. The van der Waals surface area contributed by atoms with Gasteiger partial charge >= 0.3 is 120 Å². The van der Waals surface area contributed by atoms with Gasteiger partial charge < -0.3 is 19.8 Å². The molecule has 0 heterocycles. The number of alkyl halides is 10. The van der Waals surface area contributed by atoms with Crippen molar-refractivity contribution in [1.29, 1.82) is 0 Å². The maximum atomic E-state index is 12.4. The maximum absolute atomic E-state index is 12.4. The first kappa shape index (κ1) is 47.8. The Morgan fingerprint density at radius 2 is 0.822 bits per heavy atom. The predicted octanol–water partition coefficient (Wildman–Crippen LogP) is 5.15. The van der Waals surface area contributed by atoms with Gasteiger partial charge in [-0.3, -0.25) is 9.59 Å². The van der Waals surface area contributed by atoms with Crippen LogP contribution in [0.25, 0.3) is 0 Å². The van der Waals surface area contributed by atoms with Crippen molar-refractivity contribution in [2.24, 2.45) is 11.8 Å². The summed E-state index contributed by atoms with van der Waals surface area (Å²) in [6.45, 7) is 15.1. The molecule has 2 atom stereocenters. The number of carbonyl (C=O) groups is 4. The molecule has 0 aromatic heterocycles. The fourth-order valence-electron chi connectivity index (χ4n) is 2.33. The van der Waals surface area contributed by atoms with E-state index in [0.29, 0.717) is 0 Å². The number of hydrogen-bond donors (Lipinski definition) is 0. The zero-order valence-electron chi connectivity index (χ0n) is 25.9. The van der Waals surface area contributed by atoms with Gasteiger partial charge in [-0.05, 0) is 12.8 Å². The van der Waals surface area contributed by atoms with Gasteiger partial charge in [-0.2, -0.15) is 43.9 Å². The molecule has 0 saturated heterocycles. The molecular weight excluding hydrogens is 721 g/mol. The number of carboxylic acid groups (broad SMARTS) is 2. The van der Waals surface area contributed by atoms with Crippen LogP contribution in [-0.4, -0.2) is 58.9 Å². The second-order valence-corrected chi connectivity index (χ2v) is 12.2. The predicted molar refractivity (Wildman–Crippen MR) is 130 cm³/mol. The Bertz CT molecular complexity index is 877. The molecule has 0 aromatic rings. The van der Waals surface area contributed by atoms with Crippen LogP contribution >= 0.6 is 0 Å². The van der Waals surface area contributed by atoms with E-state index in [9.17, 15) is 73.3 Å². The minimum atomic E-state index is -5.87. The van der Waals surface area contributed by atoms with Crippen LogP contribution in [0.3, 0.4) is 0 Å². The first-order valence-electron chi connectivity index (χ1n) is 13.4. The van der Waals surface area contributed by atoms with Crippen molar-refractivity contribution in [2.75, 3.05) is 0 Å². The average molecular weight is 760 g/mol. The summed E-state index contributed by atoms with van der Waals surface area (Å²) in [5, 5.41) is 20.5. The third kappa shape index (κ3) is 19.0. The molecule has 0 rings (SSSR count). The summed E-state index contributed by atoms with van der Waals surface area (Å²) < 4.78 is 131. The van der Waals surface area contributed by atoms with Crippen molar-refractivity contribution in [2.45, 2.75) is 129 Å². The fourth-order valence-corrected chi connectivity index (χ4v) is 4.25. The number of hydrogen-bond acceptors (Lipinski definition) is 8. The van der Waals surface area contributed by atoms with Crippen LogP contribution in [0.2, 0.25) is 0 Å². The van der Waals surface area contributed by atoms with Gasteiger partial charge in [-0.25, -0.2) is 0 Å². The standard InChI is InChI=1S/2C8H9F5O3.2C5H11O.Zr/c2*1-2-4(6(15)16)5(14)3-7(9,10)8(11,12)13;2*1-4-5(2,3)6;/h2*4H,2-3H2,1H3,(H,15,16);2*4H2,1-3H3;/q;;2*-1;+4/p-2. The number of carbonyl (C=O) groups excluding carboxylic acids is 4. The van der Waals surface area contributed by atoms with Crippen LogP contribution in [0.1, 0.15) is 93.9 Å². The Morgan fingerprint density at radius 3 is 0.978 bits per heavy atom. The molecule has 0 aliphatic carbocycles. The zero-order valence-corrected chi connectivity index (χ0v) is 28.4. The summed E-state index contributed by atoms with van der Waals surface area (Å²) >= 11 is -1.09. The van der Waals surface area contributed by atoms with Crippen LogP contribution < -0.4 is 10.2 Å². The van der Waals surface area contributed by atoms with Crippen LogP contribution in [0.5, 0.6) is 0 Å². The van der Waals surface area contributed by atoms with Crippen molar-refractivity contribution < 1.29 is 103 Å². The Labute approximate surface area is 267 Å². The van der Waals surface area contributed by atoms with E-state index in [4.69, 9.17) is 5.63 Å². The van der Waals surface area contributed by atoms with Gasteiger partial charge in [-0.15, -0.1) is 0 Å². The number of Topliss-reactive ketones (excluding diaryl/α,β-unsaturated/α-hetero) is 2. The van der Waals surface area contributed by atoms with E-state index in [2.05, 4.69) is 41.5 Å². The van der Waals surface area contributed by atoms with Gasteiger partial charge in [0.05, 0.1) is 36.6 Å². The van der Waals surface area contributed by atoms with E-state index in [-0.39, 0.29) is 11.2 Å². The summed E-state index contributed by atoms with van der Waals surface area (Å²) in [6, 6.07) is 0. The molecule has 0 fully saturated rings. The molecule has 0 spiro atoms. The number of carboxylic acids is 2. The van der Waals surface area contributed by atoms with Crippen LogP contribution in [0.15, 0.2) is 0 Å². The molecular formula is C26H38F10O8Zr. The molecule has 0 radical (unpaired) electrons. The number of ketones is 2. The van der Waals surface area contributed by atoms with Gasteiger partial charge in [0.2, 0.25) is 0 Å². The van der Waals surface area contributed by atoms with Crippen molar-refractivity contribution in [1.82, 2.24) is 0 Å². The number of rotatable bonds is 16. The SMILES string of the molecule is CCC(C(=O)[O-])C(=O)CC(F)(F)C(F)(F)F.CCC(C(=O)[O-])C(=O)CC(F)(F)C(F)(F)F.CCC(C)(C)[O][Zr+2][O]C(C)(C)CC. The molecule has 0 bridgehead atoms. The minimum absolute atomic E-state index is 0.00990. The quantitative estimate of drug-likeness (QED) is 0.156. The molecule has 8 nitrogen and oxygen atoms in total. The molecule has 0 aliphatic rings. The molecule has 45 heavy (non-hydrogen) atoms. The van der Waals surface area contributed by atoms with Crippen molar-refractivity contribution in [3.8, 4) is 0 Å².